The fraction of sp³-hybridized carbons (Fsp3) is 0.308. The maximum absolute atomic E-state index is 11.7. The average molecular weight is 281 g/mol. The third-order valence-electron chi connectivity index (χ3n) is 2.56. The first-order chi connectivity index (χ1) is 9.38. The van der Waals surface area contributed by atoms with Gasteiger partial charge in [-0.05, 0) is 24.1 Å². The number of carbonyl (C=O) groups excluding carboxylic acids is 1. The van der Waals surface area contributed by atoms with Gasteiger partial charge in [-0.15, -0.1) is 0 Å². The Kier molecular flexibility index (Phi) is 5.52. The number of carboxylic acids is 2. The molecule has 0 saturated carbocycles. The van der Waals surface area contributed by atoms with Crippen LogP contribution < -0.4 is 5.32 Å². The van der Waals surface area contributed by atoms with Crippen LogP contribution in [0.2, 0.25) is 0 Å². The molecule has 0 fully saturated rings. The van der Waals surface area contributed by atoms with Gasteiger partial charge >= 0.3 is 11.9 Å². The predicted octanol–water partition coefficient (Wildman–Crippen LogP) is 0.369. The molecular weight excluding hydrogens is 266 g/mol. The third-order valence-corrected chi connectivity index (χ3v) is 2.56. The van der Waals surface area contributed by atoms with Crippen molar-refractivity contribution in [2.45, 2.75) is 25.3 Å². The second-order valence-corrected chi connectivity index (χ2v) is 4.24. The van der Waals surface area contributed by atoms with E-state index in [9.17, 15) is 19.5 Å². The zero-order chi connectivity index (χ0) is 15.1. The number of aromatic hydroxyl groups is 1. The molecule has 4 N–H and O–H groups in total. The zero-order valence-electron chi connectivity index (χ0n) is 10.6. The van der Waals surface area contributed by atoms with Gasteiger partial charge in [-0.1, -0.05) is 12.1 Å². The van der Waals surface area contributed by atoms with Gasteiger partial charge in [-0.3, -0.25) is 9.59 Å². The molecule has 0 heterocycles. The number of amides is 1. The van der Waals surface area contributed by atoms with E-state index in [2.05, 4.69) is 5.32 Å². The fourth-order valence-electron chi connectivity index (χ4n) is 1.62. The van der Waals surface area contributed by atoms with Gasteiger partial charge in [0.2, 0.25) is 5.91 Å². The van der Waals surface area contributed by atoms with Gasteiger partial charge in [0.15, 0.2) is 0 Å². The Bertz CT molecular complexity index is 513. The molecule has 0 aliphatic carbocycles. The van der Waals surface area contributed by atoms with Crippen LogP contribution in [0.4, 0.5) is 0 Å². The molecule has 1 atom stereocenters. The molecule has 0 spiro atoms. The molecule has 0 saturated heterocycles. The first kappa shape index (κ1) is 15.5. The summed E-state index contributed by atoms with van der Waals surface area (Å²) in [4.78, 5) is 33.0. The summed E-state index contributed by atoms with van der Waals surface area (Å²) in [6.07, 6.45) is -0.620. The number of phenols is 1. The minimum atomic E-state index is -1.28. The van der Waals surface area contributed by atoms with E-state index in [4.69, 9.17) is 10.2 Å². The molecule has 20 heavy (non-hydrogen) atoms. The van der Waals surface area contributed by atoms with E-state index < -0.39 is 23.9 Å². The van der Waals surface area contributed by atoms with E-state index in [0.717, 1.165) is 0 Å². The molecule has 1 unspecified atom stereocenters. The summed E-state index contributed by atoms with van der Waals surface area (Å²) < 4.78 is 0. The molecule has 0 aromatic heterocycles. The Hall–Kier alpha value is -2.57. The van der Waals surface area contributed by atoms with E-state index in [0.29, 0.717) is 5.56 Å². The Labute approximate surface area is 114 Å². The number of carboxylic acid groups (broad SMARTS) is 2. The van der Waals surface area contributed by atoms with Gasteiger partial charge in [0.1, 0.15) is 11.8 Å². The highest BCUT2D eigenvalue weighted by Gasteiger charge is 2.20. The molecule has 0 aliphatic heterocycles. The van der Waals surface area contributed by atoms with Crippen LogP contribution in [-0.2, 0) is 20.8 Å². The van der Waals surface area contributed by atoms with Crippen molar-refractivity contribution in [2.75, 3.05) is 0 Å². The number of carbonyl (C=O) groups is 3. The van der Waals surface area contributed by atoms with Crippen molar-refractivity contribution in [3.63, 3.8) is 0 Å². The van der Waals surface area contributed by atoms with E-state index in [1.807, 2.05) is 0 Å². The third kappa shape index (κ3) is 5.38. The van der Waals surface area contributed by atoms with Crippen LogP contribution in [-0.4, -0.2) is 39.2 Å². The monoisotopic (exact) mass is 281 g/mol. The first-order valence-electron chi connectivity index (χ1n) is 5.90. The molecule has 0 aliphatic rings. The zero-order valence-corrected chi connectivity index (χ0v) is 10.6. The summed E-state index contributed by atoms with van der Waals surface area (Å²) in [7, 11) is 0. The fourth-order valence-corrected chi connectivity index (χ4v) is 1.62. The molecule has 7 nitrogen and oxygen atoms in total. The maximum Gasteiger partial charge on any atom is 0.326 e. The van der Waals surface area contributed by atoms with E-state index in [-0.39, 0.29) is 25.0 Å². The van der Waals surface area contributed by atoms with Crippen LogP contribution in [0.3, 0.4) is 0 Å². The molecule has 0 radical (unpaired) electrons. The largest absolute Gasteiger partial charge is 0.508 e. The van der Waals surface area contributed by atoms with Gasteiger partial charge in [-0.2, -0.15) is 0 Å². The first-order valence-corrected chi connectivity index (χ1v) is 5.90. The van der Waals surface area contributed by atoms with Crippen LogP contribution in [0.1, 0.15) is 18.4 Å². The number of aliphatic carboxylic acids is 2. The lowest BCUT2D eigenvalue weighted by Gasteiger charge is -2.13. The number of rotatable bonds is 7. The quantitative estimate of drug-likeness (QED) is 0.572. The van der Waals surface area contributed by atoms with Gasteiger partial charge in [-0.25, -0.2) is 4.79 Å². The van der Waals surface area contributed by atoms with Crippen molar-refractivity contribution < 1.29 is 29.7 Å². The second kappa shape index (κ2) is 7.13. The molecule has 1 amide bonds. The van der Waals surface area contributed by atoms with Crippen molar-refractivity contribution in [3.8, 4) is 5.75 Å². The van der Waals surface area contributed by atoms with E-state index in [1.165, 1.54) is 12.1 Å². The maximum atomic E-state index is 11.7. The van der Waals surface area contributed by atoms with Crippen molar-refractivity contribution in [1.29, 1.82) is 0 Å². The Morgan fingerprint density at radius 2 is 1.90 bits per heavy atom. The molecular formula is C13H15NO6. The Morgan fingerprint density at radius 1 is 1.20 bits per heavy atom. The summed E-state index contributed by atoms with van der Waals surface area (Å²) >= 11 is 0. The topological polar surface area (TPSA) is 124 Å². The average Bonchev–Trinajstić information content (AvgIpc) is 2.33. The van der Waals surface area contributed by atoms with Crippen LogP contribution in [0.5, 0.6) is 5.75 Å². The normalized spacial score (nSPS) is 11.6. The molecule has 7 heteroatoms. The van der Waals surface area contributed by atoms with Gasteiger partial charge in [0, 0.05) is 6.42 Å². The lowest BCUT2D eigenvalue weighted by molar-refractivity contribution is -0.143. The van der Waals surface area contributed by atoms with Crippen molar-refractivity contribution in [3.05, 3.63) is 29.8 Å². The minimum Gasteiger partial charge on any atom is -0.508 e. The minimum absolute atomic E-state index is 0.0101. The van der Waals surface area contributed by atoms with Crippen LogP contribution in [0.15, 0.2) is 24.3 Å². The summed E-state index contributed by atoms with van der Waals surface area (Å²) in [5.41, 5.74) is 0.532. The number of hydrogen-bond donors (Lipinski definition) is 4. The Balaban J connectivity index is 2.57. The SMILES string of the molecule is O=C(O)CCC(NC(=O)Cc1cccc(O)c1)C(=O)O. The van der Waals surface area contributed by atoms with Crippen LogP contribution in [0, 0.1) is 0 Å². The number of nitrogens with one attached hydrogen (secondary N) is 1. The summed E-state index contributed by atoms with van der Waals surface area (Å²) in [6, 6.07) is 4.79. The Morgan fingerprint density at radius 3 is 2.45 bits per heavy atom. The molecule has 108 valence electrons. The predicted molar refractivity (Wildman–Crippen MR) is 68.2 cm³/mol. The highest BCUT2D eigenvalue weighted by molar-refractivity contribution is 5.85. The molecule has 0 bridgehead atoms. The number of phenolic OH excluding ortho intramolecular Hbond substituents is 1. The van der Waals surface area contributed by atoms with Crippen molar-refractivity contribution >= 4 is 17.8 Å². The van der Waals surface area contributed by atoms with Gasteiger partial charge in [0.05, 0.1) is 6.42 Å². The summed E-state index contributed by atoms with van der Waals surface area (Å²) in [5, 5.41) is 28.9. The van der Waals surface area contributed by atoms with E-state index >= 15 is 0 Å². The smallest absolute Gasteiger partial charge is 0.326 e. The molecule has 1 aromatic carbocycles. The number of benzene rings is 1. The highest BCUT2D eigenvalue weighted by atomic mass is 16.4. The lowest BCUT2D eigenvalue weighted by Crippen LogP contribution is -2.41. The van der Waals surface area contributed by atoms with E-state index in [1.54, 1.807) is 12.1 Å². The summed E-state index contributed by atoms with van der Waals surface area (Å²) in [6.45, 7) is 0. The number of hydrogen-bond acceptors (Lipinski definition) is 4. The van der Waals surface area contributed by atoms with Crippen molar-refractivity contribution in [1.82, 2.24) is 5.32 Å². The summed E-state index contributed by atoms with van der Waals surface area (Å²) in [5.74, 6) is -2.95. The standard InChI is InChI=1S/C13H15NO6/c15-9-3-1-2-8(6-9)7-11(16)14-10(13(19)20)4-5-12(17)18/h1-3,6,10,15H,4-5,7H2,(H,14,16)(H,17,18)(H,19,20). The highest BCUT2D eigenvalue weighted by Crippen LogP contribution is 2.11. The van der Waals surface area contributed by atoms with Gasteiger partial charge < -0.3 is 20.6 Å². The lowest BCUT2D eigenvalue weighted by atomic mass is 10.1. The second-order valence-electron chi connectivity index (χ2n) is 4.24. The van der Waals surface area contributed by atoms with Gasteiger partial charge in [0.25, 0.3) is 0 Å². The van der Waals surface area contributed by atoms with Crippen molar-refractivity contribution in [2.24, 2.45) is 0 Å². The van der Waals surface area contributed by atoms with Crippen LogP contribution >= 0.6 is 0 Å². The van der Waals surface area contributed by atoms with Crippen LogP contribution in [0.25, 0.3) is 0 Å². The molecule has 1 rings (SSSR count). The molecule has 1 aromatic rings.